The van der Waals surface area contributed by atoms with Gasteiger partial charge < -0.3 is 15.2 Å². The summed E-state index contributed by atoms with van der Waals surface area (Å²) < 4.78 is 84.2. The maximum Gasteiger partial charge on any atom is 0.401 e. The summed E-state index contributed by atoms with van der Waals surface area (Å²) in [7, 11) is 0. The van der Waals surface area contributed by atoms with Crippen LogP contribution in [-0.2, 0) is 6.42 Å². The van der Waals surface area contributed by atoms with Crippen molar-refractivity contribution >= 4 is 16.7 Å². The molecule has 36 heavy (non-hydrogen) atoms. The zero-order chi connectivity index (χ0) is 25.6. The van der Waals surface area contributed by atoms with Crippen molar-refractivity contribution in [3.63, 3.8) is 0 Å². The molecule has 0 unspecified atom stereocenters. The number of hydrogen-bond donors (Lipinski definition) is 2. The molecule has 1 fully saturated rings. The normalized spacial score (nSPS) is 21.5. The predicted octanol–water partition coefficient (Wildman–Crippen LogP) is 5.05. The molecule has 0 radical (unpaired) electrons. The number of H-pyrrole nitrogens is 1. The molecule has 3 heterocycles. The number of likely N-dealkylation sites (tertiary alicyclic amines) is 1. The van der Waals surface area contributed by atoms with Crippen molar-refractivity contribution in [2.45, 2.75) is 31.6 Å². The van der Waals surface area contributed by atoms with Gasteiger partial charge in [0.15, 0.2) is 0 Å². The van der Waals surface area contributed by atoms with E-state index in [1.807, 2.05) is 4.90 Å². The molecule has 11 heteroatoms. The first-order valence-electron chi connectivity index (χ1n) is 11.9. The van der Waals surface area contributed by atoms with Crippen LogP contribution in [0.2, 0.25) is 0 Å². The van der Waals surface area contributed by atoms with Crippen molar-refractivity contribution in [1.29, 1.82) is 0 Å². The number of imidazole rings is 1. The molecule has 5 rings (SSSR count). The van der Waals surface area contributed by atoms with Gasteiger partial charge in [-0.2, -0.15) is 13.2 Å². The van der Waals surface area contributed by atoms with Gasteiger partial charge >= 0.3 is 6.18 Å². The van der Waals surface area contributed by atoms with Crippen LogP contribution in [0.25, 0.3) is 11.0 Å². The minimum Gasteiger partial charge on any atom is -0.384 e. The quantitative estimate of drug-likeness (QED) is 0.436. The lowest BCUT2D eigenvalue weighted by Crippen LogP contribution is -2.49. The van der Waals surface area contributed by atoms with Crippen LogP contribution in [-0.4, -0.2) is 71.4 Å². The summed E-state index contributed by atoms with van der Waals surface area (Å²) in [6, 6.07) is 3.64. The molecule has 0 spiro atoms. The molecule has 194 valence electrons. The van der Waals surface area contributed by atoms with Crippen molar-refractivity contribution in [2.24, 2.45) is 5.92 Å². The third kappa shape index (κ3) is 4.78. The van der Waals surface area contributed by atoms with Gasteiger partial charge in [0.2, 0.25) is 0 Å². The fraction of sp³-hybridized carbons (Fsp3) is 0.480. The monoisotopic (exact) mass is 511 g/mol. The number of hydrogen-bond acceptors (Lipinski definition) is 4. The van der Waals surface area contributed by atoms with Gasteiger partial charge in [0.25, 0.3) is 0 Å². The van der Waals surface area contributed by atoms with Crippen LogP contribution < -0.4 is 5.32 Å². The van der Waals surface area contributed by atoms with Crippen LogP contribution in [0.3, 0.4) is 0 Å². The Kier molecular flexibility index (Phi) is 6.63. The number of benzene rings is 2. The molecule has 2 N–H and O–H groups in total. The molecule has 2 aliphatic heterocycles. The number of halogens is 6. The summed E-state index contributed by atoms with van der Waals surface area (Å²) in [6.07, 6.45) is -2.79. The fourth-order valence-electron chi connectivity index (χ4n) is 5.44. The van der Waals surface area contributed by atoms with E-state index >= 15 is 8.78 Å². The first-order valence-corrected chi connectivity index (χ1v) is 11.9. The SMILES string of the molecule is C[C@@H]1Cc2c(ccc3[nH]cnc23)[C@@H](c2c(F)cc(NCCN3CC(CF)C3)cc2F)N1CC(F)(F)F. The van der Waals surface area contributed by atoms with E-state index in [1.54, 1.807) is 19.1 Å². The summed E-state index contributed by atoms with van der Waals surface area (Å²) in [4.78, 5) is 10.4. The summed E-state index contributed by atoms with van der Waals surface area (Å²) in [5.74, 6) is -1.79. The second-order valence-electron chi connectivity index (χ2n) is 9.74. The van der Waals surface area contributed by atoms with E-state index in [1.165, 1.54) is 6.33 Å². The first-order chi connectivity index (χ1) is 17.1. The number of aromatic nitrogens is 2. The Morgan fingerprint density at radius 2 is 1.86 bits per heavy atom. The standard InChI is InChI=1S/C25H27F6N5/c1-14-6-18-17(2-3-21-23(18)34-13-33-21)24(36(14)12-25(29,30)31)22-19(27)7-16(8-20(22)28)32-4-5-35-10-15(9-26)11-35/h2-3,7-8,13-15,24,32H,4-6,9-12H2,1H3,(H,33,34)/t14-,24+/m1/s1. The van der Waals surface area contributed by atoms with Crippen molar-refractivity contribution in [3.8, 4) is 0 Å². The lowest BCUT2D eigenvalue weighted by molar-refractivity contribution is -0.155. The van der Waals surface area contributed by atoms with Gasteiger partial charge in [0.05, 0.1) is 36.6 Å². The summed E-state index contributed by atoms with van der Waals surface area (Å²) in [5.41, 5.74) is 2.19. The largest absolute Gasteiger partial charge is 0.401 e. The molecule has 3 aromatic rings. The number of nitrogens with one attached hydrogen (secondary N) is 2. The van der Waals surface area contributed by atoms with Crippen LogP contribution >= 0.6 is 0 Å². The molecule has 0 saturated carbocycles. The third-order valence-electron chi connectivity index (χ3n) is 7.15. The van der Waals surface area contributed by atoms with Crippen LogP contribution in [0.4, 0.5) is 32.0 Å². The molecular weight excluding hydrogens is 484 g/mol. The molecule has 2 aliphatic rings. The highest BCUT2D eigenvalue weighted by Gasteiger charge is 2.43. The highest BCUT2D eigenvalue weighted by molar-refractivity contribution is 5.80. The zero-order valence-electron chi connectivity index (χ0n) is 19.7. The fourth-order valence-corrected chi connectivity index (χ4v) is 5.44. The van der Waals surface area contributed by atoms with Crippen molar-refractivity contribution in [3.05, 3.63) is 58.9 Å². The molecule has 1 saturated heterocycles. The van der Waals surface area contributed by atoms with Gasteiger partial charge in [-0.25, -0.2) is 13.8 Å². The Hall–Kier alpha value is -2.79. The van der Waals surface area contributed by atoms with Crippen LogP contribution in [0.1, 0.15) is 29.7 Å². The van der Waals surface area contributed by atoms with Gasteiger partial charge in [-0.3, -0.25) is 9.29 Å². The van der Waals surface area contributed by atoms with Gasteiger partial charge in [-0.15, -0.1) is 0 Å². The zero-order valence-corrected chi connectivity index (χ0v) is 19.7. The molecular formula is C25H27F6N5. The minimum absolute atomic E-state index is 0.0438. The van der Waals surface area contributed by atoms with Crippen LogP contribution in [0, 0.1) is 17.6 Å². The molecule has 0 amide bonds. The second-order valence-corrected chi connectivity index (χ2v) is 9.74. The predicted molar refractivity (Wildman–Crippen MR) is 125 cm³/mol. The molecule has 2 aromatic carbocycles. The van der Waals surface area contributed by atoms with E-state index in [0.717, 1.165) is 17.0 Å². The van der Waals surface area contributed by atoms with Crippen LogP contribution in [0.15, 0.2) is 30.6 Å². The smallest absolute Gasteiger partial charge is 0.384 e. The van der Waals surface area contributed by atoms with Gasteiger partial charge in [0.1, 0.15) is 11.6 Å². The number of nitrogens with zero attached hydrogens (tertiary/aromatic N) is 3. The summed E-state index contributed by atoms with van der Waals surface area (Å²) in [5, 5.41) is 2.96. The van der Waals surface area contributed by atoms with Crippen LogP contribution in [0.5, 0.6) is 0 Å². The molecule has 2 atom stereocenters. The molecule has 5 nitrogen and oxygen atoms in total. The maximum atomic E-state index is 15.5. The Bertz CT molecular complexity index is 1210. The Morgan fingerprint density at radius 1 is 1.14 bits per heavy atom. The van der Waals surface area contributed by atoms with E-state index in [0.29, 0.717) is 48.3 Å². The van der Waals surface area contributed by atoms with Gasteiger partial charge in [0, 0.05) is 49.4 Å². The van der Waals surface area contributed by atoms with E-state index in [-0.39, 0.29) is 24.7 Å². The highest BCUT2D eigenvalue weighted by atomic mass is 19.4. The molecule has 0 aliphatic carbocycles. The maximum absolute atomic E-state index is 15.5. The average Bonchev–Trinajstić information content (AvgIpc) is 3.25. The Labute approximate surface area is 204 Å². The topological polar surface area (TPSA) is 47.2 Å². The van der Waals surface area contributed by atoms with Crippen molar-refractivity contribution in [1.82, 2.24) is 19.8 Å². The summed E-state index contributed by atoms with van der Waals surface area (Å²) in [6.45, 7) is 2.26. The Balaban J connectivity index is 1.47. The third-order valence-corrected chi connectivity index (χ3v) is 7.15. The van der Waals surface area contributed by atoms with E-state index in [4.69, 9.17) is 0 Å². The summed E-state index contributed by atoms with van der Waals surface area (Å²) >= 11 is 0. The van der Waals surface area contributed by atoms with E-state index < -0.39 is 42.0 Å². The molecule has 1 aromatic heterocycles. The number of aromatic amines is 1. The first kappa shape index (κ1) is 24.9. The highest BCUT2D eigenvalue weighted by Crippen LogP contribution is 2.43. The average molecular weight is 512 g/mol. The Morgan fingerprint density at radius 3 is 2.53 bits per heavy atom. The second kappa shape index (κ2) is 9.59. The number of rotatable bonds is 7. The van der Waals surface area contributed by atoms with E-state index in [2.05, 4.69) is 15.3 Å². The van der Waals surface area contributed by atoms with E-state index in [9.17, 15) is 17.6 Å². The minimum atomic E-state index is -4.55. The number of alkyl halides is 4. The number of fused-ring (bicyclic) bond motifs is 3. The lowest BCUT2D eigenvalue weighted by Gasteiger charge is -2.42. The van der Waals surface area contributed by atoms with Gasteiger partial charge in [-0.05, 0) is 42.7 Å². The number of anilines is 1. The van der Waals surface area contributed by atoms with Crippen molar-refractivity contribution < 1.29 is 26.3 Å². The van der Waals surface area contributed by atoms with Gasteiger partial charge in [-0.1, -0.05) is 6.07 Å². The lowest BCUT2D eigenvalue weighted by atomic mass is 9.83. The molecule has 0 bridgehead atoms. The van der Waals surface area contributed by atoms with Crippen molar-refractivity contribution in [2.75, 3.05) is 44.7 Å².